The smallest absolute Gasteiger partial charge is 0.328 e. The van der Waals surface area contributed by atoms with Crippen molar-refractivity contribution >= 4 is 17.6 Å². The van der Waals surface area contributed by atoms with Crippen LogP contribution in [0.15, 0.2) is 24.3 Å². The molecule has 0 bridgehead atoms. The highest BCUT2D eigenvalue weighted by atomic mass is 16.4. The lowest BCUT2D eigenvalue weighted by atomic mass is 10.1. The zero-order valence-electron chi connectivity index (χ0n) is 10.4. The van der Waals surface area contributed by atoms with E-state index in [4.69, 9.17) is 5.26 Å². The van der Waals surface area contributed by atoms with Crippen LogP contribution in [0.1, 0.15) is 5.56 Å². The Balaban J connectivity index is 2.31. The number of aliphatic carboxylic acids is 1. The molecule has 1 aromatic carbocycles. The second kappa shape index (κ2) is 4.98. The molecular weight excluding hydrogens is 246 g/mol. The van der Waals surface area contributed by atoms with E-state index in [-0.39, 0.29) is 19.0 Å². The zero-order chi connectivity index (χ0) is 14.0. The van der Waals surface area contributed by atoms with Gasteiger partial charge in [0.15, 0.2) is 0 Å². The quantitative estimate of drug-likeness (QED) is 0.825. The van der Waals surface area contributed by atoms with Crippen LogP contribution in [0.5, 0.6) is 0 Å². The van der Waals surface area contributed by atoms with Gasteiger partial charge in [0.2, 0.25) is 5.91 Å². The largest absolute Gasteiger partial charge is 0.480 e. The third kappa shape index (κ3) is 2.50. The molecule has 0 spiro atoms. The highest BCUT2D eigenvalue weighted by Gasteiger charge is 2.34. The molecule has 1 N–H and O–H groups in total. The second-order valence-electron chi connectivity index (χ2n) is 4.41. The number of carboxylic acids is 1. The zero-order valence-corrected chi connectivity index (χ0v) is 10.4. The molecule has 6 nitrogen and oxygen atoms in total. The average molecular weight is 259 g/mol. The predicted octanol–water partition coefficient (Wildman–Crippen LogP) is 0.290. The molecule has 1 unspecified atom stereocenters. The number of amides is 1. The number of likely N-dealkylation sites (N-methyl/N-ethyl adjacent to an activating group) is 1. The first-order chi connectivity index (χ1) is 9.02. The molecule has 6 heteroatoms. The summed E-state index contributed by atoms with van der Waals surface area (Å²) in [5.74, 6) is -1.09. The highest BCUT2D eigenvalue weighted by molar-refractivity contribution is 5.89. The Hall–Kier alpha value is -2.55. The number of carbonyl (C=O) groups excluding carboxylic acids is 1. The Morgan fingerprint density at radius 1 is 1.42 bits per heavy atom. The van der Waals surface area contributed by atoms with E-state index in [1.54, 1.807) is 36.2 Å². The first kappa shape index (κ1) is 12.9. The standard InChI is InChI=1S/C13H13N3O3/c1-15-7-11(13(18)19)16(8-12(15)17)10-4-2-9(6-14)3-5-10/h2-5,11H,7-8H2,1H3,(H,18,19). The van der Waals surface area contributed by atoms with Crippen molar-refractivity contribution in [1.29, 1.82) is 5.26 Å². The summed E-state index contributed by atoms with van der Waals surface area (Å²) in [5, 5.41) is 18.0. The maximum absolute atomic E-state index is 11.7. The van der Waals surface area contributed by atoms with Crippen LogP contribution in [-0.2, 0) is 9.59 Å². The first-order valence-corrected chi connectivity index (χ1v) is 5.76. The number of anilines is 1. The van der Waals surface area contributed by atoms with Crippen LogP contribution in [0.3, 0.4) is 0 Å². The third-order valence-corrected chi connectivity index (χ3v) is 3.17. The number of carbonyl (C=O) groups is 2. The SMILES string of the molecule is CN1CC(C(=O)O)N(c2ccc(C#N)cc2)CC1=O. The minimum atomic E-state index is -0.969. The molecule has 0 saturated carbocycles. The number of piperazine rings is 1. The van der Waals surface area contributed by atoms with Crippen molar-refractivity contribution in [2.45, 2.75) is 6.04 Å². The lowest BCUT2D eigenvalue weighted by Crippen LogP contribution is -2.58. The number of carboxylic acid groups (broad SMARTS) is 1. The number of benzene rings is 1. The maximum Gasteiger partial charge on any atom is 0.328 e. The van der Waals surface area contributed by atoms with Crippen LogP contribution in [0, 0.1) is 11.3 Å². The molecule has 0 aromatic heterocycles. The summed E-state index contributed by atoms with van der Waals surface area (Å²) in [5.41, 5.74) is 1.13. The maximum atomic E-state index is 11.7. The molecular formula is C13H13N3O3. The fraction of sp³-hybridized carbons (Fsp3) is 0.308. The molecule has 0 radical (unpaired) electrons. The van der Waals surface area contributed by atoms with E-state index in [0.29, 0.717) is 11.3 Å². The molecule has 1 aromatic rings. The Bertz CT molecular complexity index is 547. The molecule has 1 heterocycles. The van der Waals surface area contributed by atoms with Crippen LogP contribution in [0.25, 0.3) is 0 Å². The second-order valence-corrected chi connectivity index (χ2v) is 4.41. The van der Waals surface area contributed by atoms with Crippen molar-refractivity contribution in [2.75, 3.05) is 25.0 Å². The lowest BCUT2D eigenvalue weighted by molar-refractivity contribution is -0.141. The highest BCUT2D eigenvalue weighted by Crippen LogP contribution is 2.21. The Morgan fingerprint density at radius 2 is 2.05 bits per heavy atom. The lowest BCUT2D eigenvalue weighted by Gasteiger charge is -2.38. The fourth-order valence-electron chi connectivity index (χ4n) is 2.05. The minimum Gasteiger partial charge on any atom is -0.480 e. The number of hydrogen-bond donors (Lipinski definition) is 1. The van der Waals surface area contributed by atoms with Gasteiger partial charge >= 0.3 is 5.97 Å². The van der Waals surface area contributed by atoms with Gasteiger partial charge in [-0.05, 0) is 24.3 Å². The molecule has 0 aliphatic carbocycles. The first-order valence-electron chi connectivity index (χ1n) is 5.76. The molecule has 1 saturated heterocycles. The van der Waals surface area contributed by atoms with E-state index in [0.717, 1.165) is 0 Å². The predicted molar refractivity (Wildman–Crippen MR) is 67.6 cm³/mol. The van der Waals surface area contributed by atoms with Gasteiger partial charge in [-0.1, -0.05) is 0 Å². The summed E-state index contributed by atoms with van der Waals surface area (Å²) in [4.78, 5) is 26.0. The number of hydrogen-bond acceptors (Lipinski definition) is 4. The van der Waals surface area contributed by atoms with Crippen LogP contribution in [-0.4, -0.2) is 48.1 Å². The van der Waals surface area contributed by atoms with E-state index >= 15 is 0 Å². The van der Waals surface area contributed by atoms with Crippen molar-refractivity contribution in [3.05, 3.63) is 29.8 Å². The van der Waals surface area contributed by atoms with Crippen LogP contribution in [0.2, 0.25) is 0 Å². The third-order valence-electron chi connectivity index (χ3n) is 3.17. The summed E-state index contributed by atoms with van der Waals surface area (Å²) in [6.07, 6.45) is 0. The van der Waals surface area contributed by atoms with Crippen molar-refractivity contribution in [3.8, 4) is 6.07 Å². The van der Waals surface area contributed by atoms with Crippen LogP contribution >= 0.6 is 0 Å². The van der Waals surface area contributed by atoms with Gasteiger partial charge in [0, 0.05) is 12.7 Å². The van der Waals surface area contributed by atoms with Crippen molar-refractivity contribution in [3.63, 3.8) is 0 Å². The van der Waals surface area contributed by atoms with E-state index in [1.807, 2.05) is 6.07 Å². The van der Waals surface area contributed by atoms with Gasteiger partial charge in [0.05, 0.1) is 24.7 Å². The summed E-state index contributed by atoms with van der Waals surface area (Å²) in [7, 11) is 1.59. The van der Waals surface area contributed by atoms with Gasteiger partial charge in [-0.3, -0.25) is 4.79 Å². The van der Waals surface area contributed by atoms with Gasteiger partial charge in [0.25, 0.3) is 0 Å². The van der Waals surface area contributed by atoms with Crippen molar-refractivity contribution < 1.29 is 14.7 Å². The number of nitriles is 1. The average Bonchev–Trinajstić information content (AvgIpc) is 2.41. The van der Waals surface area contributed by atoms with Crippen LogP contribution in [0.4, 0.5) is 5.69 Å². The molecule has 1 amide bonds. The monoisotopic (exact) mass is 259 g/mol. The summed E-state index contributed by atoms with van der Waals surface area (Å²) < 4.78 is 0. The molecule has 19 heavy (non-hydrogen) atoms. The van der Waals surface area contributed by atoms with E-state index in [2.05, 4.69) is 0 Å². The molecule has 2 rings (SSSR count). The van der Waals surface area contributed by atoms with Gasteiger partial charge in [0.1, 0.15) is 6.04 Å². The number of nitrogens with zero attached hydrogens (tertiary/aromatic N) is 3. The summed E-state index contributed by atoms with van der Waals surface area (Å²) >= 11 is 0. The van der Waals surface area contributed by atoms with E-state index < -0.39 is 12.0 Å². The van der Waals surface area contributed by atoms with E-state index in [9.17, 15) is 14.7 Å². The summed E-state index contributed by atoms with van der Waals surface area (Å²) in [6.45, 7) is 0.174. The fourth-order valence-corrected chi connectivity index (χ4v) is 2.05. The molecule has 1 aliphatic heterocycles. The molecule has 98 valence electrons. The van der Waals surface area contributed by atoms with Crippen LogP contribution < -0.4 is 4.90 Å². The summed E-state index contributed by atoms with van der Waals surface area (Å²) in [6, 6.07) is 7.76. The van der Waals surface area contributed by atoms with E-state index in [1.165, 1.54) is 4.90 Å². The molecule has 1 aliphatic rings. The Kier molecular flexibility index (Phi) is 3.38. The van der Waals surface area contributed by atoms with Crippen molar-refractivity contribution in [2.24, 2.45) is 0 Å². The van der Waals surface area contributed by atoms with Gasteiger partial charge in [-0.15, -0.1) is 0 Å². The molecule has 1 atom stereocenters. The Morgan fingerprint density at radius 3 is 2.58 bits per heavy atom. The van der Waals surface area contributed by atoms with Crippen molar-refractivity contribution in [1.82, 2.24) is 4.90 Å². The Labute approximate surface area is 110 Å². The minimum absolute atomic E-state index is 0.0271. The van der Waals surface area contributed by atoms with Gasteiger partial charge < -0.3 is 14.9 Å². The van der Waals surface area contributed by atoms with Gasteiger partial charge in [-0.2, -0.15) is 5.26 Å². The number of rotatable bonds is 2. The normalized spacial score (nSPS) is 19.2. The molecule has 1 fully saturated rings. The van der Waals surface area contributed by atoms with Gasteiger partial charge in [-0.25, -0.2) is 4.79 Å². The topological polar surface area (TPSA) is 84.6 Å².